The lowest BCUT2D eigenvalue weighted by Gasteiger charge is -2.06. The zero-order valence-electron chi connectivity index (χ0n) is 17.1. The molecule has 0 fully saturated rings. The van der Waals surface area contributed by atoms with Crippen LogP contribution in [0.25, 0.3) is 17.1 Å². The van der Waals surface area contributed by atoms with Gasteiger partial charge in [0.15, 0.2) is 11.6 Å². The van der Waals surface area contributed by atoms with E-state index in [0.29, 0.717) is 17.1 Å². The lowest BCUT2D eigenvalue weighted by atomic mass is 10.1. The van der Waals surface area contributed by atoms with Gasteiger partial charge in [0.2, 0.25) is 5.82 Å². The summed E-state index contributed by atoms with van der Waals surface area (Å²) in [6.45, 7) is 1.49. The summed E-state index contributed by atoms with van der Waals surface area (Å²) in [4.78, 5) is 28.8. The molecule has 0 unspecified atom stereocenters. The highest BCUT2D eigenvalue weighted by atomic mass is 16.5. The standard InChI is InChI=1S/C24H20N4O3/c1-16(29)17-8-12-19(13-9-17)25-24(30)22-26-23(18-10-14-21(31-2)15-11-18)28(27-22)20-6-4-3-5-7-20/h3-15H,1-2H3,(H,25,30). The number of Topliss-reactive ketones (excluding diaryl/α,β-unsaturated/α-hetero) is 1. The van der Waals surface area contributed by atoms with Crippen molar-refractivity contribution in [3.8, 4) is 22.8 Å². The molecule has 4 aromatic rings. The summed E-state index contributed by atoms with van der Waals surface area (Å²) in [6, 6.07) is 23.5. The van der Waals surface area contributed by atoms with Crippen molar-refractivity contribution < 1.29 is 14.3 Å². The summed E-state index contributed by atoms with van der Waals surface area (Å²) < 4.78 is 6.86. The van der Waals surface area contributed by atoms with Crippen LogP contribution >= 0.6 is 0 Å². The van der Waals surface area contributed by atoms with Gasteiger partial charge in [0.05, 0.1) is 12.8 Å². The molecule has 1 amide bonds. The smallest absolute Gasteiger partial charge is 0.295 e. The molecule has 0 saturated carbocycles. The Hall–Kier alpha value is -4.26. The summed E-state index contributed by atoms with van der Waals surface area (Å²) in [6.07, 6.45) is 0. The Kier molecular flexibility index (Phi) is 5.57. The summed E-state index contributed by atoms with van der Waals surface area (Å²) in [5.41, 5.74) is 2.70. The number of anilines is 1. The van der Waals surface area contributed by atoms with Gasteiger partial charge in [-0.2, -0.15) is 0 Å². The van der Waals surface area contributed by atoms with Crippen molar-refractivity contribution in [2.75, 3.05) is 12.4 Å². The molecule has 0 radical (unpaired) electrons. The number of nitrogens with one attached hydrogen (secondary N) is 1. The second kappa shape index (κ2) is 8.62. The minimum atomic E-state index is -0.444. The van der Waals surface area contributed by atoms with Gasteiger partial charge >= 0.3 is 0 Å². The van der Waals surface area contributed by atoms with Gasteiger partial charge in [-0.15, -0.1) is 5.10 Å². The highest BCUT2D eigenvalue weighted by molar-refractivity contribution is 6.02. The first kappa shape index (κ1) is 20.0. The maximum absolute atomic E-state index is 12.8. The fraction of sp³-hybridized carbons (Fsp3) is 0.0833. The van der Waals surface area contributed by atoms with E-state index in [-0.39, 0.29) is 11.6 Å². The van der Waals surface area contributed by atoms with Gasteiger partial charge < -0.3 is 10.1 Å². The van der Waals surface area contributed by atoms with Gasteiger partial charge in [0.1, 0.15) is 5.75 Å². The number of hydrogen-bond acceptors (Lipinski definition) is 5. The van der Waals surface area contributed by atoms with Gasteiger partial charge in [0.25, 0.3) is 5.91 Å². The lowest BCUT2D eigenvalue weighted by molar-refractivity contribution is 0.101. The Balaban J connectivity index is 1.68. The highest BCUT2D eigenvalue weighted by Crippen LogP contribution is 2.24. The number of amides is 1. The number of hydrogen-bond donors (Lipinski definition) is 1. The normalized spacial score (nSPS) is 10.5. The molecule has 0 aliphatic heterocycles. The van der Waals surface area contributed by atoms with Crippen molar-refractivity contribution >= 4 is 17.4 Å². The van der Waals surface area contributed by atoms with E-state index < -0.39 is 5.91 Å². The lowest BCUT2D eigenvalue weighted by Crippen LogP contribution is -2.14. The monoisotopic (exact) mass is 412 g/mol. The molecule has 0 atom stereocenters. The number of benzene rings is 3. The molecule has 7 nitrogen and oxygen atoms in total. The van der Waals surface area contributed by atoms with E-state index in [1.54, 1.807) is 36.1 Å². The molecular formula is C24H20N4O3. The molecule has 0 saturated heterocycles. The van der Waals surface area contributed by atoms with Crippen molar-refractivity contribution in [2.45, 2.75) is 6.92 Å². The molecular weight excluding hydrogens is 392 g/mol. The molecule has 154 valence electrons. The molecule has 1 heterocycles. The van der Waals surface area contributed by atoms with Crippen LogP contribution in [0.1, 0.15) is 27.9 Å². The first-order valence-electron chi connectivity index (χ1n) is 9.64. The fourth-order valence-electron chi connectivity index (χ4n) is 3.06. The number of carbonyl (C=O) groups is 2. The number of methoxy groups -OCH3 is 1. The van der Waals surface area contributed by atoms with Crippen LogP contribution in [0.4, 0.5) is 5.69 Å². The summed E-state index contributed by atoms with van der Waals surface area (Å²) in [5.74, 6) is 0.808. The molecule has 0 aliphatic carbocycles. The zero-order chi connectivity index (χ0) is 21.8. The number of para-hydroxylation sites is 1. The van der Waals surface area contributed by atoms with Crippen molar-refractivity contribution in [1.29, 1.82) is 0 Å². The van der Waals surface area contributed by atoms with Gasteiger partial charge in [0, 0.05) is 16.8 Å². The third-order valence-electron chi connectivity index (χ3n) is 4.71. The van der Waals surface area contributed by atoms with Gasteiger partial charge in [-0.3, -0.25) is 9.59 Å². The second-order valence-electron chi connectivity index (χ2n) is 6.82. The molecule has 0 bridgehead atoms. The molecule has 31 heavy (non-hydrogen) atoms. The minimum Gasteiger partial charge on any atom is -0.497 e. The molecule has 1 N–H and O–H groups in total. The van der Waals surface area contributed by atoms with E-state index in [9.17, 15) is 9.59 Å². The largest absolute Gasteiger partial charge is 0.497 e. The van der Waals surface area contributed by atoms with Crippen molar-refractivity contribution in [1.82, 2.24) is 14.8 Å². The van der Waals surface area contributed by atoms with Crippen LogP contribution in [-0.2, 0) is 0 Å². The SMILES string of the molecule is COc1ccc(-c2nc(C(=O)Nc3ccc(C(C)=O)cc3)nn2-c2ccccc2)cc1. The van der Waals surface area contributed by atoms with Crippen LogP contribution < -0.4 is 10.1 Å². The quantitative estimate of drug-likeness (QED) is 0.475. The second-order valence-corrected chi connectivity index (χ2v) is 6.82. The topological polar surface area (TPSA) is 86.1 Å². The van der Waals surface area contributed by atoms with E-state index in [4.69, 9.17) is 4.74 Å². The maximum Gasteiger partial charge on any atom is 0.295 e. The number of rotatable bonds is 6. The predicted octanol–water partition coefficient (Wildman–Crippen LogP) is 4.40. The van der Waals surface area contributed by atoms with Gasteiger partial charge in [-0.25, -0.2) is 9.67 Å². The Morgan fingerprint density at radius 3 is 2.19 bits per heavy atom. The van der Waals surface area contributed by atoms with E-state index in [1.807, 2.05) is 54.6 Å². The van der Waals surface area contributed by atoms with Gasteiger partial charge in [-0.1, -0.05) is 18.2 Å². The Labute approximate surface area is 179 Å². The first-order valence-corrected chi connectivity index (χ1v) is 9.64. The number of aromatic nitrogens is 3. The molecule has 7 heteroatoms. The highest BCUT2D eigenvalue weighted by Gasteiger charge is 2.19. The zero-order valence-corrected chi connectivity index (χ0v) is 17.1. The van der Waals surface area contributed by atoms with Crippen LogP contribution in [-0.4, -0.2) is 33.6 Å². The van der Waals surface area contributed by atoms with Crippen LogP contribution in [0.2, 0.25) is 0 Å². The number of ether oxygens (including phenoxy) is 1. The Morgan fingerprint density at radius 1 is 0.903 bits per heavy atom. The average Bonchev–Trinajstić information content (AvgIpc) is 3.26. The third-order valence-corrected chi connectivity index (χ3v) is 4.71. The summed E-state index contributed by atoms with van der Waals surface area (Å²) in [7, 11) is 1.60. The minimum absolute atomic E-state index is 0.0327. The molecule has 0 spiro atoms. The number of ketones is 1. The summed E-state index contributed by atoms with van der Waals surface area (Å²) in [5, 5.41) is 7.23. The van der Waals surface area contributed by atoms with E-state index in [0.717, 1.165) is 17.0 Å². The maximum atomic E-state index is 12.8. The predicted molar refractivity (Wildman–Crippen MR) is 118 cm³/mol. The van der Waals surface area contributed by atoms with E-state index >= 15 is 0 Å². The molecule has 0 aliphatic rings. The Morgan fingerprint density at radius 2 is 1.58 bits per heavy atom. The van der Waals surface area contributed by atoms with Gasteiger partial charge in [-0.05, 0) is 67.6 Å². The van der Waals surface area contributed by atoms with Crippen molar-refractivity contribution in [2.24, 2.45) is 0 Å². The fourth-order valence-corrected chi connectivity index (χ4v) is 3.06. The molecule has 3 aromatic carbocycles. The van der Waals surface area contributed by atoms with E-state index in [1.165, 1.54) is 6.92 Å². The summed E-state index contributed by atoms with van der Waals surface area (Å²) >= 11 is 0. The number of nitrogens with zero attached hydrogens (tertiary/aromatic N) is 3. The average molecular weight is 412 g/mol. The van der Waals surface area contributed by atoms with Crippen molar-refractivity contribution in [3.63, 3.8) is 0 Å². The van der Waals surface area contributed by atoms with E-state index in [2.05, 4.69) is 15.4 Å². The Bertz CT molecular complexity index is 1210. The van der Waals surface area contributed by atoms with Crippen LogP contribution in [0.15, 0.2) is 78.9 Å². The molecule has 4 rings (SSSR count). The van der Waals surface area contributed by atoms with Crippen LogP contribution in [0.3, 0.4) is 0 Å². The molecule has 1 aromatic heterocycles. The van der Waals surface area contributed by atoms with Crippen LogP contribution in [0.5, 0.6) is 5.75 Å². The first-order chi connectivity index (χ1) is 15.0. The number of carbonyl (C=O) groups excluding carboxylic acids is 2. The van der Waals surface area contributed by atoms with Crippen molar-refractivity contribution in [3.05, 3.63) is 90.3 Å². The van der Waals surface area contributed by atoms with Crippen LogP contribution in [0, 0.1) is 0 Å². The third kappa shape index (κ3) is 4.35.